The van der Waals surface area contributed by atoms with E-state index in [1.54, 1.807) is 0 Å². The number of hydrogen-bond acceptors (Lipinski definition) is 4. The first-order valence-electron chi connectivity index (χ1n) is 7.45. The van der Waals surface area contributed by atoms with E-state index in [9.17, 15) is 0 Å². The first-order chi connectivity index (χ1) is 9.19. The van der Waals surface area contributed by atoms with Crippen LogP contribution in [-0.2, 0) is 17.9 Å². The fourth-order valence-corrected chi connectivity index (χ4v) is 2.61. The van der Waals surface area contributed by atoms with Gasteiger partial charge in [-0.1, -0.05) is 25.9 Å². The Morgan fingerprint density at radius 2 is 2.21 bits per heavy atom. The van der Waals surface area contributed by atoms with E-state index in [1.165, 1.54) is 19.3 Å². The molecule has 1 N–H and O–H groups in total. The summed E-state index contributed by atoms with van der Waals surface area (Å²) in [6.07, 6.45) is 3.99. The van der Waals surface area contributed by atoms with E-state index in [2.05, 4.69) is 31.2 Å². The zero-order chi connectivity index (χ0) is 13.7. The van der Waals surface area contributed by atoms with E-state index in [0.29, 0.717) is 12.7 Å². The minimum Gasteiger partial charge on any atom is -0.370 e. The standard InChI is InChI=1S/C15H26N2O2/c1-4-16-9-13-8-15(19-17-13)10-18-14-6-5-11(2)12(3)7-14/h8,11-12,14,16H,4-7,9-10H2,1-3H3. The number of ether oxygens (including phenoxy) is 1. The first-order valence-corrected chi connectivity index (χ1v) is 7.45. The van der Waals surface area contributed by atoms with Gasteiger partial charge in [0, 0.05) is 12.6 Å². The lowest BCUT2D eigenvalue weighted by Crippen LogP contribution is -2.26. The predicted molar refractivity (Wildman–Crippen MR) is 74.6 cm³/mol. The lowest BCUT2D eigenvalue weighted by molar-refractivity contribution is -0.0155. The molecule has 0 aromatic carbocycles. The van der Waals surface area contributed by atoms with Crippen LogP contribution in [-0.4, -0.2) is 17.8 Å². The molecule has 0 radical (unpaired) electrons. The van der Waals surface area contributed by atoms with Crippen molar-refractivity contribution in [1.82, 2.24) is 10.5 Å². The molecule has 4 heteroatoms. The molecule has 0 amide bonds. The molecule has 3 unspecified atom stereocenters. The highest BCUT2D eigenvalue weighted by Crippen LogP contribution is 2.31. The Labute approximate surface area is 115 Å². The molecule has 1 fully saturated rings. The molecule has 1 aromatic rings. The van der Waals surface area contributed by atoms with Crippen LogP contribution in [0.3, 0.4) is 0 Å². The Balaban J connectivity index is 1.74. The molecule has 1 aliphatic carbocycles. The molecule has 1 saturated carbocycles. The van der Waals surface area contributed by atoms with Gasteiger partial charge < -0.3 is 14.6 Å². The van der Waals surface area contributed by atoms with Crippen molar-refractivity contribution in [1.29, 1.82) is 0 Å². The average Bonchev–Trinajstić information content (AvgIpc) is 2.86. The molecule has 108 valence electrons. The summed E-state index contributed by atoms with van der Waals surface area (Å²) in [4.78, 5) is 0. The van der Waals surface area contributed by atoms with Crippen molar-refractivity contribution >= 4 is 0 Å². The van der Waals surface area contributed by atoms with Crippen LogP contribution in [0.5, 0.6) is 0 Å². The number of nitrogens with one attached hydrogen (secondary N) is 1. The molecule has 19 heavy (non-hydrogen) atoms. The van der Waals surface area contributed by atoms with Crippen LogP contribution < -0.4 is 5.32 Å². The van der Waals surface area contributed by atoms with Crippen LogP contribution in [0, 0.1) is 11.8 Å². The van der Waals surface area contributed by atoms with Crippen LogP contribution in [0.15, 0.2) is 10.6 Å². The predicted octanol–water partition coefficient (Wildman–Crippen LogP) is 3.13. The maximum Gasteiger partial charge on any atom is 0.162 e. The molecule has 0 spiro atoms. The topological polar surface area (TPSA) is 47.3 Å². The molecule has 2 rings (SSSR count). The summed E-state index contributed by atoms with van der Waals surface area (Å²) in [6.45, 7) is 8.99. The average molecular weight is 266 g/mol. The highest BCUT2D eigenvalue weighted by atomic mass is 16.5. The van der Waals surface area contributed by atoms with Crippen molar-refractivity contribution in [3.8, 4) is 0 Å². The van der Waals surface area contributed by atoms with Gasteiger partial charge in [0.05, 0.1) is 11.8 Å². The molecule has 0 saturated heterocycles. The minimum absolute atomic E-state index is 0.383. The summed E-state index contributed by atoms with van der Waals surface area (Å²) in [5, 5.41) is 7.26. The van der Waals surface area contributed by atoms with Crippen LogP contribution in [0.2, 0.25) is 0 Å². The molecule has 0 aliphatic heterocycles. The summed E-state index contributed by atoms with van der Waals surface area (Å²) < 4.78 is 11.2. The maximum absolute atomic E-state index is 5.95. The zero-order valence-corrected chi connectivity index (χ0v) is 12.3. The van der Waals surface area contributed by atoms with Gasteiger partial charge in [0.2, 0.25) is 0 Å². The normalized spacial score (nSPS) is 27.6. The van der Waals surface area contributed by atoms with Crippen LogP contribution in [0.1, 0.15) is 51.5 Å². The third-order valence-electron chi connectivity index (χ3n) is 4.18. The molecule has 4 nitrogen and oxygen atoms in total. The highest BCUT2D eigenvalue weighted by molar-refractivity contribution is 5.04. The summed E-state index contributed by atoms with van der Waals surface area (Å²) in [6, 6.07) is 1.98. The van der Waals surface area contributed by atoms with Gasteiger partial charge in [-0.25, -0.2) is 0 Å². The third kappa shape index (κ3) is 4.32. The van der Waals surface area contributed by atoms with Gasteiger partial charge in [0.1, 0.15) is 6.61 Å². The molecular formula is C15H26N2O2. The van der Waals surface area contributed by atoms with Gasteiger partial charge in [0.15, 0.2) is 5.76 Å². The Bertz CT molecular complexity index is 378. The second-order valence-corrected chi connectivity index (χ2v) is 5.77. The highest BCUT2D eigenvalue weighted by Gasteiger charge is 2.25. The first kappa shape index (κ1) is 14.5. The van der Waals surface area contributed by atoms with Gasteiger partial charge in [-0.3, -0.25) is 0 Å². The van der Waals surface area contributed by atoms with Crippen LogP contribution in [0.4, 0.5) is 0 Å². The van der Waals surface area contributed by atoms with Crippen molar-refractivity contribution in [2.24, 2.45) is 11.8 Å². The Morgan fingerprint density at radius 3 is 2.95 bits per heavy atom. The van der Waals surface area contributed by atoms with Crippen LogP contribution in [0.25, 0.3) is 0 Å². The summed E-state index contributed by atoms with van der Waals surface area (Å²) in [5.74, 6) is 2.42. The van der Waals surface area contributed by atoms with E-state index in [1.807, 2.05) is 6.07 Å². The molecule has 0 bridgehead atoms. The van der Waals surface area contributed by atoms with Gasteiger partial charge >= 0.3 is 0 Å². The lowest BCUT2D eigenvalue weighted by Gasteiger charge is -2.31. The van der Waals surface area contributed by atoms with Gasteiger partial charge in [0.25, 0.3) is 0 Å². The Hall–Kier alpha value is -0.870. The Morgan fingerprint density at radius 1 is 1.37 bits per heavy atom. The van der Waals surface area contributed by atoms with Gasteiger partial charge in [-0.2, -0.15) is 0 Å². The second kappa shape index (κ2) is 7.06. The SMILES string of the molecule is CCNCc1cc(COC2CCC(C)C(C)C2)on1. The van der Waals surface area contributed by atoms with Crippen molar-refractivity contribution in [3.63, 3.8) is 0 Å². The molecule has 1 aliphatic rings. The van der Waals surface area contributed by atoms with Crippen molar-refractivity contribution in [2.75, 3.05) is 6.54 Å². The fraction of sp³-hybridized carbons (Fsp3) is 0.800. The monoisotopic (exact) mass is 266 g/mol. The minimum atomic E-state index is 0.383. The van der Waals surface area contributed by atoms with E-state index in [-0.39, 0.29) is 0 Å². The molecule has 1 aromatic heterocycles. The molecular weight excluding hydrogens is 240 g/mol. The van der Waals surface area contributed by atoms with Crippen LogP contribution >= 0.6 is 0 Å². The number of rotatable bonds is 6. The third-order valence-corrected chi connectivity index (χ3v) is 4.18. The number of hydrogen-bond donors (Lipinski definition) is 1. The Kier molecular flexibility index (Phi) is 5.40. The maximum atomic E-state index is 5.95. The largest absolute Gasteiger partial charge is 0.370 e. The number of nitrogens with zero attached hydrogens (tertiary/aromatic N) is 1. The van der Waals surface area contributed by atoms with Crippen molar-refractivity contribution in [3.05, 3.63) is 17.5 Å². The second-order valence-electron chi connectivity index (χ2n) is 5.77. The smallest absolute Gasteiger partial charge is 0.162 e. The molecule has 1 heterocycles. The van der Waals surface area contributed by atoms with E-state index in [4.69, 9.17) is 9.26 Å². The summed E-state index contributed by atoms with van der Waals surface area (Å²) >= 11 is 0. The number of aromatic nitrogens is 1. The van der Waals surface area contributed by atoms with E-state index >= 15 is 0 Å². The molecule has 3 atom stereocenters. The summed E-state index contributed by atoms with van der Waals surface area (Å²) in [7, 11) is 0. The fourth-order valence-electron chi connectivity index (χ4n) is 2.61. The van der Waals surface area contributed by atoms with E-state index in [0.717, 1.165) is 36.4 Å². The van der Waals surface area contributed by atoms with E-state index < -0.39 is 0 Å². The van der Waals surface area contributed by atoms with Crippen molar-refractivity contribution in [2.45, 2.75) is 59.3 Å². The van der Waals surface area contributed by atoms with Gasteiger partial charge in [-0.15, -0.1) is 0 Å². The summed E-state index contributed by atoms with van der Waals surface area (Å²) in [5.41, 5.74) is 0.950. The zero-order valence-electron chi connectivity index (χ0n) is 12.3. The van der Waals surface area contributed by atoms with Gasteiger partial charge in [-0.05, 0) is 37.6 Å². The lowest BCUT2D eigenvalue weighted by atomic mass is 9.80. The van der Waals surface area contributed by atoms with Crippen molar-refractivity contribution < 1.29 is 9.26 Å². The quantitative estimate of drug-likeness (QED) is 0.859.